The number of amides is 1. The van der Waals surface area contributed by atoms with Gasteiger partial charge in [0, 0.05) is 23.6 Å². The zero-order valence-electron chi connectivity index (χ0n) is 16.0. The quantitative estimate of drug-likeness (QED) is 0.449. The van der Waals surface area contributed by atoms with Crippen molar-refractivity contribution in [3.63, 3.8) is 0 Å². The molecule has 0 aliphatic carbocycles. The van der Waals surface area contributed by atoms with Crippen molar-refractivity contribution >= 4 is 28.6 Å². The fraction of sp³-hybridized carbons (Fsp3) is 0.190. The number of carbonyl (C=O) groups excluding carboxylic acids is 1. The molecule has 2 N–H and O–H groups in total. The van der Waals surface area contributed by atoms with Crippen molar-refractivity contribution in [1.29, 1.82) is 0 Å². The van der Waals surface area contributed by atoms with Gasteiger partial charge in [-0.1, -0.05) is 42.1 Å². The Morgan fingerprint density at radius 1 is 1.21 bits per heavy atom. The number of aromatic amines is 1. The van der Waals surface area contributed by atoms with Gasteiger partial charge < -0.3 is 19.5 Å². The van der Waals surface area contributed by atoms with Crippen LogP contribution in [0.3, 0.4) is 0 Å². The molecule has 2 aromatic heterocycles. The van der Waals surface area contributed by atoms with Crippen LogP contribution in [0, 0.1) is 0 Å². The highest BCUT2D eigenvalue weighted by atomic mass is 32.2. The number of hydrogen-bond donors (Lipinski definition) is 2. The lowest BCUT2D eigenvalue weighted by atomic mass is 10.2. The number of benzene rings is 2. The summed E-state index contributed by atoms with van der Waals surface area (Å²) in [6, 6.07) is 15.5. The lowest BCUT2D eigenvalue weighted by molar-refractivity contribution is -0.120. The molecule has 4 rings (SSSR count). The fourth-order valence-electron chi connectivity index (χ4n) is 2.90. The maximum Gasteiger partial charge on any atom is 0.277 e. The molecule has 2 heterocycles. The van der Waals surface area contributed by atoms with Gasteiger partial charge in [0.15, 0.2) is 0 Å². The van der Waals surface area contributed by atoms with E-state index in [0.29, 0.717) is 17.7 Å². The Bertz CT molecular complexity index is 1120. The number of rotatable bonds is 7. The first-order chi connectivity index (χ1) is 14.1. The highest BCUT2D eigenvalue weighted by Gasteiger charge is 2.19. The van der Waals surface area contributed by atoms with E-state index >= 15 is 0 Å². The van der Waals surface area contributed by atoms with Crippen molar-refractivity contribution in [1.82, 2.24) is 20.5 Å². The summed E-state index contributed by atoms with van der Waals surface area (Å²) >= 11 is 1.23. The van der Waals surface area contributed by atoms with E-state index in [0.717, 1.165) is 27.8 Å². The number of hydrogen-bond acceptors (Lipinski definition) is 6. The maximum atomic E-state index is 12.4. The number of ether oxygens (including phenoxy) is 1. The summed E-state index contributed by atoms with van der Waals surface area (Å²) < 4.78 is 10.9. The minimum absolute atomic E-state index is 0.0994. The zero-order chi connectivity index (χ0) is 20.2. The molecule has 0 radical (unpaired) electrons. The Morgan fingerprint density at radius 3 is 2.79 bits per heavy atom. The Hall–Kier alpha value is -3.26. The van der Waals surface area contributed by atoms with Gasteiger partial charge in [-0.2, -0.15) is 0 Å². The molecule has 0 saturated heterocycles. The van der Waals surface area contributed by atoms with E-state index in [1.165, 1.54) is 11.8 Å². The molecule has 8 heteroatoms. The minimum Gasteiger partial charge on any atom is -0.497 e. The van der Waals surface area contributed by atoms with Crippen LogP contribution in [0.2, 0.25) is 0 Å². The van der Waals surface area contributed by atoms with Crippen LogP contribution >= 0.6 is 11.8 Å². The highest BCUT2D eigenvalue weighted by molar-refractivity contribution is 8.00. The molecule has 4 aromatic rings. The normalized spacial score (nSPS) is 12.1. The SMILES string of the molecule is COc1ccc(CNC(=O)C(C)Sc2nnc(-c3c[nH]c4ccccc34)o2)cc1. The summed E-state index contributed by atoms with van der Waals surface area (Å²) in [5.41, 5.74) is 2.84. The second-order valence-corrected chi connectivity index (χ2v) is 7.74. The van der Waals surface area contributed by atoms with Crippen LogP contribution in [0.5, 0.6) is 5.75 Å². The molecule has 0 bridgehead atoms. The van der Waals surface area contributed by atoms with Gasteiger partial charge in [-0.25, -0.2) is 0 Å². The second kappa shape index (κ2) is 8.40. The number of H-pyrrole nitrogens is 1. The van der Waals surface area contributed by atoms with Crippen LogP contribution in [0.15, 0.2) is 64.4 Å². The van der Waals surface area contributed by atoms with Gasteiger partial charge in [0.2, 0.25) is 5.91 Å². The van der Waals surface area contributed by atoms with E-state index in [-0.39, 0.29) is 11.2 Å². The Balaban J connectivity index is 1.37. The number of methoxy groups -OCH3 is 1. The van der Waals surface area contributed by atoms with Crippen LogP contribution < -0.4 is 10.1 Å². The molecule has 0 saturated carbocycles. The smallest absolute Gasteiger partial charge is 0.277 e. The molecule has 7 nitrogen and oxygen atoms in total. The first kappa shape index (κ1) is 19.1. The highest BCUT2D eigenvalue weighted by Crippen LogP contribution is 2.30. The largest absolute Gasteiger partial charge is 0.497 e. The van der Waals surface area contributed by atoms with Crippen molar-refractivity contribution in [2.75, 3.05) is 7.11 Å². The number of fused-ring (bicyclic) bond motifs is 1. The summed E-state index contributed by atoms with van der Waals surface area (Å²) in [6.07, 6.45) is 1.84. The summed E-state index contributed by atoms with van der Waals surface area (Å²) in [5.74, 6) is 1.11. The number of carbonyl (C=O) groups is 1. The Labute approximate surface area is 171 Å². The van der Waals surface area contributed by atoms with E-state index < -0.39 is 0 Å². The van der Waals surface area contributed by atoms with Gasteiger partial charge in [-0.3, -0.25) is 4.79 Å². The standard InChI is InChI=1S/C21H20N4O3S/c1-13(19(26)23-11-14-7-9-15(27-2)10-8-14)29-21-25-24-20(28-21)17-12-22-18-6-4-3-5-16(17)18/h3-10,12-13,22H,11H2,1-2H3,(H,23,26). The van der Waals surface area contributed by atoms with Crippen LogP contribution in [0.25, 0.3) is 22.4 Å². The third kappa shape index (κ3) is 4.27. The van der Waals surface area contributed by atoms with Gasteiger partial charge in [0.25, 0.3) is 11.1 Å². The predicted molar refractivity (Wildman–Crippen MR) is 112 cm³/mol. The average Bonchev–Trinajstić information content (AvgIpc) is 3.39. The first-order valence-corrected chi connectivity index (χ1v) is 9.99. The molecule has 2 aromatic carbocycles. The Kier molecular flexibility index (Phi) is 5.53. The van der Waals surface area contributed by atoms with Gasteiger partial charge in [0.1, 0.15) is 5.75 Å². The molecule has 1 amide bonds. The molecule has 1 atom stereocenters. The lowest BCUT2D eigenvalue weighted by Gasteiger charge is -2.10. The van der Waals surface area contributed by atoms with Crippen molar-refractivity contribution in [2.24, 2.45) is 0 Å². The number of nitrogens with zero attached hydrogens (tertiary/aromatic N) is 2. The van der Waals surface area contributed by atoms with Crippen molar-refractivity contribution in [3.05, 3.63) is 60.3 Å². The lowest BCUT2D eigenvalue weighted by Crippen LogP contribution is -2.30. The second-order valence-electron chi connectivity index (χ2n) is 6.45. The van der Waals surface area contributed by atoms with Gasteiger partial charge in [-0.15, -0.1) is 10.2 Å². The van der Waals surface area contributed by atoms with E-state index in [2.05, 4.69) is 20.5 Å². The van der Waals surface area contributed by atoms with Crippen LogP contribution in [0.1, 0.15) is 12.5 Å². The number of nitrogens with one attached hydrogen (secondary N) is 2. The summed E-state index contributed by atoms with van der Waals surface area (Å²) in [7, 11) is 1.62. The third-order valence-corrected chi connectivity index (χ3v) is 5.43. The number of para-hydroxylation sites is 1. The summed E-state index contributed by atoms with van der Waals surface area (Å²) in [5, 5.41) is 12.1. The molecule has 0 aliphatic heterocycles. The van der Waals surface area contributed by atoms with E-state index in [1.807, 2.05) is 61.7 Å². The van der Waals surface area contributed by atoms with Crippen molar-refractivity contribution in [2.45, 2.75) is 23.9 Å². The van der Waals surface area contributed by atoms with Crippen molar-refractivity contribution < 1.29 is 13.9 Å². The fourth-order valence-corrected chi connectivity index (χ4v) is 3.60. The van der Waals surface area contributed by atoms with E-state index in [4.69, 9.17) is 9.15 Å². The maximum absolute atomic E-state index is 12.4. The molecule has 148 valence electrons. The molecule has 29 heavy (non-hydrogen) atoms. The van der Waals surface area contributed by atoms with E-state index in [9.17, 15) is 4.79 Å². The van der Waals surface area contributed by atoms with Crippen LogP contribution in [-0.4, -0.2) is 33.4 Å². The van der Waals surface area contributed by atoms with Gasteiger partial charge in [0.05, 0.1) is 17.9 Å². The monoisotopic (exact) mass is 408 g/mol. The Morgan fingerprint density at radius 2 is 2.00 bits per heavy atom. The molecule has 1 unspecified atom stereocenters. The van der Waals surface area contributed by atoms with Crippen molar-refractivity contribution in [3.8, 4) is 17.2 Å². The minimum atomic E-state index is -0.371. The molecule has 0 fully saturated rings. The van der Waals surface area contributed by atoms with Gasteiger partial charge in [-0.05, 0) is 30.7 Å². The molecular formula is C21H20N4O3S. The molecule has 0 spiro atoms. The van der Waals surface area contributed by atoms with Crippen LogP contribution in [-0.2, 0) is 11.3 Å². The molecular weight excluding hydrogens is 388 g/mol. The number of thioether (sulfide) groups is 1. The summed E-state index contributed by atoms with van der Waals surface area (Å²) in [4.78, 5) is 15.6. The third-order valence-electron chi connectivity index (χ3n) is 4.50. The number of aromatic nitrogens is 3. The average molecular weight is 408 g/mol. The summed E-state index contributed by atoms with van der Waals surface area (Å²) in [6.45, 7) is 2.25. The van der Waals surface area contributed by atoms with Crippen LogP contribution in [0.4, 0.5) is 0 Å². The zero-order valence-corrected chi connectivity index (χ0v) is 16.8. The first-order valence-electron chi connectivity index (χ1n) is 9.11. The molecule has 0 aliphatic rings. The van der Waals surface area contributed by atoms with E-state index in [1.54, 1.807) is 7.11 Å². The topological polar surface area (TPSA) is 93.0 Å². The van der Waals surface area contributed by atoms with Gasteiger partial charge >= 0.3 is 0 Å². The predicted octanol–water partition coefficient (Wildman–Crippen LogP) is 4.02.